The molecule has 2 unspecified atom stereocenters. The summed E-state index contributed by atoms with van der Waals surface area (Å²) >= 11 is 6.41. The van der Waals surface area contributed by atoms with Crippen molar-refractivity contribution in [3.05, 3.63) is 93.5 Å². The number of ether oxygens (including phenoxy) is 1. The van der Waals surface area contributed by atoms with Crippen LogP contribution in [0.5, 0.6) is 5.75 Å². The monoisotopic (exact) mass is 538 g/mol. The Balaban J connectivity index is 1.79. The van der Waals surface area contributed by atoms with E-state index < -0.39 is 12.3 Å². The van der Waals surface area contributed by atoms with Gasteiger partial charge in [0.15, 0.2) is 6.23 Å². The van der Waals surface area contributed by atoms with Crippen molar-refractivity contribution in [3.63, 3.8) is 0 Å². The van der Waals surface area contributed by atoms with Crippen LogP contribution in [0.4, 0.5) is 5.69 Å². The zero-order valence-corrected chi connectivity index (χ0v) is 22.8. The van der Waals surface area contributed by atoms with Crippen molar-refractivity contribution in [1.29, 1.82) is 10.5 Å². The van der Waals surface area contributed by atoms with Crippen LogP contribution < -0.4 is 9.64 Å². The maximum atomic E-state index is 11.8. The first-order valence-electron chi connectivity index (χ1n) is 12.5. The maximum Gasteiger partial charge on any atom is 0.173 e. The zero-order chi connectivity index (χ0) is 27.8. The first kappa shape index (κ1) is 26.2. The molecule has 8 nitrogen and oxygen atoms in total. The van der Waals surface area contributed by atoms with Crippen LogP contribution in [0, 0.1) is 29.6 Å². The summed E-state index contributed by atoms with van der Waals surface area (Å²) in [7, 11) is 1.57. The number of hydrogen-bond acceptors (Lipinski definition) is 7. The van der Waals surface area contributed by atoms with Crippen molar-refractivity contribution in [1.82, 2.24) is 14.5 Å². The van der Waals surface area contributed by atoms with E-state index in [1.807, 2.05) is 48.2 Å². The Hall–Kier alpha value is -4.37. The third kappa shape index (κ3) is 4.48. The molecule has 1 N–H and O–H groups in total. The van der Waals surface area contributed by atoms with Gasteiger partial charge in [-0.05, 0) is 62.2 Å². The molecule has 2 aromatic carbocycles. The van der Waals surface area contributed by atoms with Crippen LogP contribution >= 0.6 is 11.6 Å². The summed E-state index contributed by atoms with van der Waals surface area (Å²) in [5.41, 5.74) is 5.83. The molecule has 0 bridgehead atoms. The summed E-state index contributed by atoms with van der Waals surface area (Å²) in [4.78, 5) is 11.3. The van der Waals surface area contributed by atoms with Crippen molar-refractivity contribution < 1.29 is 9.84 Å². The van der Waals surface area contributed by atoms with Gasteiger partial charge in [-0.25, -0.2) is 4.98 Å². The van der Waals surface area contributed by atoms with Gasteiger partial charge in [0.1, 0.15) is 17.3 Å². The average molecular weight is 539 g/mol. The Morgan fingerprint density at radius 2 is 1.87 bits per heavy atom. The third-order valence-corrected chi connectivity index (χ3v) is 7.22. The highest BCUT2D eigenvalue weighted by atomic mass is 35.5. The number of hydrogen-bond donors (Lipinski definition) is 1. The van der Waals surface area contributed by atoms with E-state index in [0.717, 1.165) is 22.5 Å². The van der Waals surface area contributed by atoms with Crippen LogP contribution in [0.25, 0.3) is 11.4 Å². The van der Waals surface area contributed by atoms with Gasteiger partial charge in [0.05, 0.1) is 60.4 Å². The highest BCUT2D eigenvalue weighted by molar-refractivity contribution is 6.30. The molecule has 4 aromatic rings. The fourth-order valence-corrected chi connectivity index (χ4v) is 5.40. The molecule has 9 heteroatoms. The molecule has 0 saturated carbocycles. The lowest BCUT2D eigenvalue weighted by molar-refractivity contribution is 0.174. The van der Waals surface area contributed by atoms with Crippen molar-refractivity contribution in [3.8, 4) is 29.3 Å². The highest BCUT2D eigenvalue weighted by Gasteiger charge is 2.45. The molecular weight excluding hydrogens is 512 g/mol. The molecule has 39 heavy (non-hydrogen) atoms. The number of aliphatic hydroxyl groups excluding tert-OH is 1. The lowest BCUT2D eigenvalue weighted by atomic mass is 10.0. The minimum Gasteiger partial charge on any atom is -0.494 e. The zero-order valence-electron chi connectivity index (χ0n) is 22.1. The van der Waals surface area contributed by atoms with E-state index in [1.54, 1.807) is 25.4 Å². The minimum atomic E-state index is -1.07. The predicted octanol–water partition coefficient (Wildman–Crippen LogP) is 6.03. The van der Waals surface area contributed by atoms with Crippen LogP contribution in [-0.2, 0) is 6.42 Å². The summed E-state index contributed by atoms with van der Waals surface area (Å²) in [6, 6.07) is 18.7. The highest BCUT2D eigenvalue weighted by Crippen LogP contribution is 2.50. The number of fused-ring (bicyclic) bond motifs is 1. The molecule has 0 spiro atoms. The first-order valence-corrected chi connectivity index (χ1v) is 12.9. The molecule has 5 rings (SSSR count). The minimum absolute atomic E-state index is 0.0398. The number of imidazole rings is 1. The topological polar surface area (TPSA) is 111 Å². The SMILES string of the molecule is COc1cnc(CC#N)cc1-c1nc2c(n1C(C)C)C(c1ccc(C#N)cc1)N(c1cc(Cl)ccc1C)C2O. The number of aliphatic hydroxyl groups is 1. The van der Waals surface area contributed by atoms with Gasteiger partial charge in [-0.2, -0.15) is 10.5 Å². The summed E-state index contributed by atoms with van der Waals surface area (Å²) < 4.78 is 7.74. The van der Waals surface area contributed by atoms with Gasteiger partial charge in [0, 0.05) is 16.8 Å². The smallest absolute Gasteiger partial charge is 0.173 e. The van der Waals surface area contributed by atoms with Gasteiger partial charge in [-0.15, -0.1) is 0 Å². The lowest BCUT2D eigenvalue weighted by Crippen LogP contribution is -2.29. The van der Waals surface area contributed by atoms with Crippen LogP contribution in [0.15, 0.2) is 54.7 Å². The number of methoxy groups -OCH3 is 1. The second-order valence-electron chi connectivity index (χ2n) is 9.73. The van der Waals surface area contributed by atoms with Gasteiger partial charge in [-0.1, -0.05) is 29.8 Å². The van der Waals surface area contributed by atoms with E-state index in [-0.39, 0.29) is 12.5 Å². The van der Waals surface area contributed by atoms with E-state index in [1.165, 1.54) is 0 Å². The summed E-state index contributed by atoms with van der Waals surface area (Å²) in [6.45, 7) is 6.10. The number of aromatic nitrogens is 3. The van der Waals surface area contributed by atoms with Gasteiger partial charge in [0.2, 0.25) is 0 Å². The molecule has 196 valence electrons. The molecular formula is C30H27ClN6O2. The molecule has 3 heterocycles. The maximum absolute atomic E-state index is 11.8. The second-order valence-corrected chi connectivity index (χ2v) is 10.2. The van der Waals surface area contributed by atoms with Crippen molar-refractivity contribution >= 4 is 17.3 Å². The Labute approximate surface area is 232 Å². The molecule has 0 saturated heterocycles. The Kier molecular flexibility index (Phi) is 7.01. The number of halogens is 1. The summed E-state index contributed by atoms with van der Waals surface area (Å²) in [5, 5.41) is 31.0. The molecule has 2 atom stereocenters. The predicted molar refractivity (Wildman–Crippen MR) is 148 cm³/mol. The van der Waals surface area contributed by atoms with Crippen LogP contribution in [-0.4, -0.2) is 26.8 Å². The van der Waals surface area contributed by atoms with E-state index in [9.17, 15) is 15.6 Å². The average Bonchev–Trinajstić information content (AvgIpc) is 3.45. The van der Waals surface area contributed by atoms with Crippen LogP contribution in [0.3, 0.4) is 0 Å². The number of anilines is 1. The van der Waals surface area contributed by atoms with E-state index in [4.69, 9.17) is 21.3 Å². The fraction of sp³-hybridized carbons (Fsp3) is 0.267. The van der Waals surface area contributed by atoms with Crippen molar-refractivity contribution in [2.24, 2.45) is 0 Å². The Bertz CT molecular complexity index is 1630. The molecule has 0 fully saturated rings. The Morgan fingerprint density at radius 3 is 2.51 bits per heavy atom. The number of benzene rings is 2. The Morgan fingerprint density at radius 1 is 1.13 bits per heavy atom. The molecule has 0 amide bonds. The largest absolute Gasteiger partial charge is 0.494 e. The van der Waals surface area contributed by atoms with Crippen molar-refractivity contribution in [2.45, 2.75) is 45.5 Å². The van der Waals surface area contributed by atoms with Gasteiger partial charge >= 0.3 is 0 Å². The third-order valence-electron chi connectivity index (χ3n) is 6.99. The number of rotatable bonds is 6. The molecule has 1 aliphatic heterocycles. The quantitative estimate of drug-likeness (QED) is 0.319. The van der Waals surface area contributed by atoms with E-state index >= 15 is 0 Å². The standard InChI is InChI=1S/C30H27ClN6O2/c1-17(2)36-28-26(35-29(36)23-14-22(11-12-32)34-16-25(23)39-4)30(38)37(24-13-21(31)10-5-18(24)3)27(28)20-8-6-19(15-33)7-9-20/h5-10,13-14,16-17,27,30,38H,11H2,1-4H3. The number of nitriles is 2. The molecule has 2 aromatic heterocycles. The van der Waals surface area contributed by atoms with Gasteiger partial charge in [-0.3, -0.25) is 4.98 Å². The first-order chi connectivity index (χ1) is 18.8. The number of pyridine rings is 1. The lowest BCUT2D eigenvalue weighted by Gasteiger charge is -2.33. The number of nitrogens with zero attached hydrogens (tertiary/aromatic N) is 6. The van der Waals surface area contributed by atoms with Gasteiger partial charge in [0.25, 0.3) is 0 Å². The summed E-state index contributed by atoms with van der Waals surface area (Å²) in [6.07, 6.45) is 0.683. The van der Waals surface area contributed by atoms with Gasteiger partial charge < -0.3 is 19.3 Å². The molecule has 0 radical (unpaired) electrons. The molecule has 1 aliphatic rings. The van der Waals surface area contributed by atoms with Crippen LogP contribution in [0.1, 0.15) is 65.9 Å². The van der Waals surface area contributed by atoms with E-state index in [2.05, 4.69) is 35.5 Å². The number of aryl methyl sites for hydroxylation is 1. The summed E-state index contributed by atoms with van der Waals surface area (Å²) in [5.74, 6) is 1.14. The van der Waals surface area contributed by atoms with Crippen molar-refractivity contribution in [2.75, 3.05) is 12.0 Å². The van der Waals surface area contributed by atoms with E-state index in [0.29, 0.717) is 39.1 Å². The fourth-order valence-electron chi connectivity index (χ4n) is 5.23. The second kappa shape index (κ2) is 10.4. The van der Waals surface area contributed by atoms with Crippen LogP contribution in [0.2, 0.25) is 5.02 Å². The normalized spacial score (nSPS) is 16.2. The molecule has 0 aliphatic carbocycles.